The first-order valence-corrected chi connectivity index (χ1v) is 8.29. The Kier molecular flexibility index (Phi) is 6.25. The van der Waals surface area contributed by atoms with E-state index >= 15 is 0 Å². The molecule has 0 aliphatic heterocycles. The summed E-state index contributed by atoms with van der Waals surface area (Å²) in [6.45, 7) is 2.78. The average Bonchev–Trinajstić information content (AvgIpc) is 2.80. The molecule has 122 valence electrons. The molecule has 1 fully saturated rings. The summed E-state index contributed by atoms with van der Waals surface area (Å²) in [4.78, 5) is 12.7. The molecular formula is C18H27NO3. The molecule has 1 amide bonds. The van der Waals surface area contributed by atoms with Crippen LogP contribution in [0.5, 0.6) is 5.75 Å². The first kappa shape index (κ1) is 16.8. The van der Waals surface area contributed by atoms with Crippen molar-refractivity contribution in [2.75, 3.05) is 19.0 Å². The first-order valence-electron chi connectivity index (χ1n) is 8.29. The van der Waals surface area contributed by atoms with Crippen molar-refractivity contribution >= 4 is 11.6 Å². The summed E-state index contributed by atoms with van der Waals surface area (Å²) >= 11 is 0. The third-order valence-electron chi connectivity index (χ3n) is 4.30. The maximum atomic E-state index is 12.7. The van der Waals surface area contributed by atoms with Gasteiger partial charge in [-0.1, -0.05) is 32.6 Å². The van der Waals surface area contributed by atoms with Gasteiger partial charge < -0.3 is 14.8 Å². The van der Waals surface area contributed by atoms with E-state index in [0.29, 0.717) is 6.61 Å². The molecule has 0 spiro atoms. The molecule has 22 heavy (non-hydrogen) atoms. The molecule has 0 heterocycles. The number of methoxy groups -OCH3 is 1. The Hall–Kier alpha value is -1.55. The van der Waals surface area contributed by atoms with Crippen LogP contribution in [-0.2, 0) is 9.53 Å². The summed E-state index contributed by atoms with van der Waals surface area (Å²) in [5.41, 5.74) is 0.114. The molecule has 2 rings (SSSR count). The molecule has 1 aliphatic rings. The summed E-state index contributed by atoms with van der Waals surface area (Å²) in [7, 11) is 1.65. The smallest absolute Gasteiger partial charge is 0.256 e. The molecule has 0 atom stereocenters. The number of benzene rings is 1. The second-order valence-corrected chi connectivity index (χ2v) is 5.94. The minimum Gasteiger partial charge on any atom is -0.494 e. The highest BCUT2D eigenvalue weighted by molar-refractivity contribution is 5.97. The van der Waals surface area contributed by atoms with Gasteiger partial charge in [0.2, 0.25) is 0 Å². The SMILES string of the molecule is CCCOc1ccc(NC(=O)C2(OC)CCCCCC2)cc1. The van der Waals surface area contributed by atoms with Crippen molar-refractivity contribution < 1.29 is 14.3 Å². The Morgan fingerprint density at radius 1 is 1.14 bits per heavy atom. The predicted octanol–water partition coefficient (Wildman–Crippen LogP) is 4.15. The number of ether oxygens (including phenoxy) is 2. The molecule has 1 N–H and O–H groups in total. The Morgan fingerprint density at radius 3 is 2.32 bits per heavy atom. The minimum atomic E-state index is -0.673. The zero-order valence-corrected chi connectivity index (χ0v) is 13.7. The highest BCUT2D eigenvalue weighted by Crippen LogP contribution is 2.31. The van der Waals surface area contributed by atoms with Crippen molar-refractivity contribution in [3.63, 3.8) is 0 Å². The second-order valence-electron chi connectivity index (χ2n) is 5.94. The van der Waals surface area contributed by atoms with Crippen molar-refractivity contribution in [3.05, 3.63) is 24.3 Å². The van der Waals surface area contributed by atoms with Gasteiger partial charge in [-0.2, -0.15) is 0 Å². The van der Waals surface area contributed by atoms with E-state index in [4.69, 9.17) is 9.47 Å². The number of nitrogens with one attached hydrogen (secondary N) is 1. The Bertz CT molecular complexity index is 462. The summed E-state index contributed by atoms with van der Waals surface area (Å²) in [5, 5.41) is 2.99. The van der Waals surface area contributed by atoms with Crippen LogP contribution in [0.1, 0.15) is 51.9 Å². The van der Waals surface area contributed by atoms with E-state index in [1.807, 2.05) is 24.3 Å². The molecule has 1 aromatic carbocycles. The highest BCUT2D eigenvalue weighted by atomic mass is 16.5. The lowest BCUT2D eigenvalue weighted by Gasteiger charge is -2.29. The van der Waals surface area contributed by atoms with E-state index in [2.05, 4.69) is 12.2 Å². The molecule has 4 heteroatoms. The zero-order chi connectivity index (χ0) is 15.8. The monoisotopic (exact) mass is 305 g/mol. The largest absolute Gasteiger partial charge is 0.494 e. The van der Waals surface area contributed by atoms with Crippen LogP contribution in [0, 0.1) is 0 Å². The number of hydrogen-bond acceptors (Lipinski definition) is 3. The first-order chi connectivity index (χ1) is 10.7. The topological polar surface area (TPSA) is 47.6 Å². The molecule has 4 nitrogen and oxygen atoms in total. The number of carbonyl (C=O) groups excluding carboxylic acids is 1. The van der Waals surface area contributed by atoms with Gasteiger partial charge in [-0.3, -0.25) is 4.79 Å². The van der Waals surface area contributed by atoms with Gasteiger partial charge in [0, 0.05) is 12.8 Å². The van der Waals surface area contributed by atoms with Crippen LogP contribution >= 0.6 is 0 Å². The molecule has 0 aromatic heterocycles. The van der Waals surface area contributed by atoms with E-state index in [9.17, 15) is 4.79 Å². The third kappa shape index (κ3) is 4.23. The fraction of sp³-hybridized carbons (Fsp3) is 0.611. The van der Waals surface area contributed by atoms with Gasteiger partial charge in [0.05, 0.1) is 6.61 Å². The van der Waals surface area contributed by atoms with Crippen LogP contribution < -0.4 is 10.1 Å². The van der Waals surface area contributed by atoms with Crippen molar-refractivity contribution in [1.29, 1.82) is 0 Å². The van der Waals surface area contributed by atoms with Crippen LogP contribution in [0.15, 0.2) is 24.3 Å². The van der Waals surface area contributed by atoms with E-state index in [1.165, 1.54) is 12.8 Å². The lowest BCUT2D eigenvalue weighted by molar-refractivity contribution is -0.139. The average molecular weight is 305 g/mol. The number of carbonyl (C=O) groups is 1. The van der Waals surface area contributed by atoms with Crippen LogP contribution in [0.25, 0.3) is 0 Å². The van der Waals surface area contributed by atoms with Crippen molar-refractivity contribution in [1.82, 2.24) is 0 Å². The van der Waals surface area contributed by atoms with Crippen molar-refractivity contribution in [2.45, 2.75) is 57.5 Å². The van der Waals surface area contributed by atoms with E-state index < -0.39 is 5.60 Å². The standard InChI is InChI=1S/C18H27NO3/c1-3-14-22-16-10-8-15(9-11-16)19-17(20)18(21-2)12-6-4-5-7-13-18/h8-11H,3-7,12-14H2,1-2H3,(H,19,20). The highest BCUT2D eigenvalue weighted by Gasteiger charge is 2.38. The van der Waals surface area contributed by atoms with Gasteiger partial charge >= 0.3 is 0 Å². The second kappa shape index (κ2) is 8.18. The van der Waals surface area contributed by atoms with Crippen molar-refractivity contribution in [2.24, 2.45) is 0 Å². The number of anilines is 1. The molecule has 0 unspecified atom stereocenters. The Labute approximate surface area is 133 Å². The molecule has 0 saturated heterocycles. The lowest BCUT2D eigenvalue weighted by Crippen LogP contribution is -2.44. The quantitative estimate of drug-likeness (QED) is 0.803. The molecule has 0 radical (unpaired) electrons. The molecule has 0 bridgehead atoms. The van der Waals surface area contributed by atoms with Crippen LogP contribution in [0.4, 0.5) is 5.69 Å². The summed E-state index contributed by atoms with van der Waals surface area (Å²) < 4.78 is 11.2. The molecular weight excluding hydrogens is 278 g/mol. The van der Waals surface area contributed by atoms with Crippen molar-refractivity contribution in [3.8, 4) is 5.75 Å². The van der Waals surface area contributed by atoms with E-state index in [1.54, 1.807) is 7.11 Å². The summed E-state index contributed by atoms with van der Waals surface area (Å²) in [6.07, 6.45) is 7.04. The third-order valence-corrected chi connectivity index (χ3v) is 4.30. The van der Waals surface area contributed by atoms with Crippen LogP contribution in [0.3, 0.4) is 0 Å². The van der Waals surface area contributed by atoms with Gasteiger partial charge in [0.1, 0.15) is 11.4 Å². The van der Waals surface area contributed by atoms with Gasteiger partial charge in [0.15, 0.2) is 0 Å². The molecule has 1 aromatic rings. The maximum Gasteiger partial charge on any atom is 0.256 e. The fourth-order valence-electron chi connectivity index (χ4n) is 2.92. The zero-order valence-electron chi connectivity index (χ0n) is 13.7. The Morgan fingerprint density at radius 2 is 1.77 bits per heavy atom. The minimum absolute atomic E-state index is 0.0286. The van der Waals surface area contributed by atoms with Gasteiger partial charge in [0.25, 0.3) is 5.91 Å². The number of hydrogen-bond donors (Lipinski definition) is 1. The number of amides is 1. The molecule has 1 saturated carbocycles. The van der Waals surface area contributed by atoms with E-state index in [-0.39, 0.29) is 5.91 Å². The maximum absolute atomic E-state index is 12.7. The Balaban J connectivity index is 2.00. The predicted molar refractivity (Wildman–Crippen MR) is 88.3 cm³/mol. The van der Waals surface area contributed by atoms with Crippen LogP contribution in [0.2, 0.25) is 0 Å². The fourth-order valence-corrected chi connectivity index (χ4v) is 2.92. The molecule has 1 aliphatic carbocycles. The van der Waals surface area contributed by atoms with Gasteiger partial charge in [-0.15, -0.1) is 0 Å². The summed E-state index contributed by atoms with van der Waals surface area (Å²) in [6, 6.07) is 7.53. The van der Waals surface area contributed by atoms with Gasteiger partial charge in [-0.25, -0.2) is 0 Å². The number of rotatable bonds is 6. The lowest BCUT2D eigenvalue weighted by atomic mass is 9.93. The van der Waals surface area contributed by atoms with E-state index in [0.717, 1.165) is 43.5 Å². The van der Waals surface area contributed by atoms with Gasteiger partial charge in [-0.05, 0) is 43.5 Å². The normalized spacial score (nSPS) is 17.5. The van der Waals surface area contributed by atoms with Crippen LogP contribution in [-0.4, -0.2) is 25.2 Å². The summed E-state index contributed by atoms with van der Waals surface area (Å²) in [5.74, 6) is 0.801.